The number of hydrogen-bond donors (Lipinski definition) is 4. The van der Waals surface area contributed by atoms with E-state index in [4.69, 9.17) is 29.9 Å². The van der Waals surface area contributed by atoms with Crippen LogP contribution in [0.15, 0.2) is 24.3 Å². The molecule has 0 aliphatic rings. The van der Waals surface area contributed by atoms with Crippen LogP contribution in [0.5, 0.6) is 0 Å². The van der Waals surface area contributed by atoms with Gasteiger partial charge in [0.25, 0.3) is 0 Å². The second-order valence-corrected chi connectivity index (χ2v) is 9.83. The second-order valence-electron chi connectivity index (χ2n) is 9.83. The molecule has 0 amide bonds. The molecule has 0 saturated heterocycles. The van der Waals surface area contributed by atoms with E-state index in [-0.39, 0.29) is 0 Å². The molecule has 1 aromatic carbocycles. The van der Waals surface area contributed by atoms with Crippen LogP contribution in [-0.4, -0.2) is 69.1 Å². The molecular formula is C30H46O11. The summed E-state index contributed by atoms with van der Waals surface area (Å²) >= 11 is 0. The fourth-order valence-electron chi connectivity index (χ4n) is 3.80. The third kappa shape index (κ3) is 17.8. The number of benzene rings is 1. The minimum Gasteiger partial charge on any atom is -0.481 e. The number of carbonyl (C=O) groups is 5. The normalized spacial score (nSPS) is 10.7. The Balaban J connectivity index is 0.00000103. The van der Waals surface area contributed by atoms with Gasteiger partial charge in [0.2, 0.25) is 0 Å². The van der Waals surface area contributed by atoms with Gasteiger partial charge in [0.05, 0.1) is 37.2 Å². The molecule has 0 saturated carbocycles. The first-order valence-electron chi connectivity index (χ1n) is 14.3. The fraction of sp³-hybridized carbons (Fsp3) is 0.633. The largest absolute Gasteiger partial charge is 0.481 e. The number of unbranched alkanes of at least 4 members (excludes halogenated alkanes) is 10. The van der Waals surface area contributed by atoms with Gasteiger partial charge in [-0.25, -0.2) is 14.4 Å². The van der Waals surface area contributed by atoms with Crippen LogP contribution in [0.2, 0.25) is 0 Å². The number of rotatable bonds is 21. The van der Waals surface area contributed by atoms with E-state index in [1.165, 1.54) is 51.4 Å². The van der Waals surface area contributed by atoms with Gasteiger partial charge in [-0.2, -0.15) is 0 Å². The molecule has 0 unspecified atom stereocenters. The maximum atomic E-state index is 12.4. The van der Waals surface area contributed by atoms with Crippen LogP contribution in [0, 0.1) is 0 Å². The van der Waals surface area contributed by atoms with Crippen molar-refractivity contribution in [2.75, 3.05) is 13.2 Å². The van der Waals surface area contributed by atoms with E-state index < -0.39 is 48.3 Å². The zero-order chi connectivity index (χ0) is 31.1. The summed E-state index contributed by atoms with van der Waals surface area (Å²) in [5.41, 5.74) is -2.15. The van der Waals surface area contributed by atoms with Crippen molar-refractivity contribution in [2.45, 2.75) is 109 Å². The molecule has 1 aromatic rings. The van der Waals surface area contributed by atoms with Crippen molar-refractivity contribution >= 4 is 29.8 Å². The molecular weight excluding hydrogens is 536 g/mol. The van der Waals surface area contributed by atoms with E-state index in [0.717, 1.165) is 25.7 Å². The lowest BCUT2D eigenvalue weighted by Gasteiger charge is -2.18. The summed E-state index contributed by atoms with van der Waals surface area (Å²) in [6.45, 7) is 5.17. The average molecular weight is 583 g/mol. The average Bonchev–Trinajstić information content (AvgIpc) is 2.91. The summed E-state index contributed by atoms with van der Waals surface area (Å²) in [5.74, 6) is -5.91. The van der Waals surface area contributed by atoms with Gasteiger partial charge in [-0.05, 0) is 25.0 Å². The Bertz CT molecular complexity index is 877. The molecule has 0 bridgehead atoms. The first-order chi connectivity index (χ1) is 19.5. The maximum absolute atomic E-state index is 12.4. The lowest BCUT2D eigenvalue weighted by molar-refractivity contribution is -0.170. The minimum absolute atomic E-state index is 0.293. The summed E-state index contributed by atoms with van der Waals surface area (Å²) < 4.78 is 10.7. The van der Waals surface area contributed by atoms with E-state index in [2.05, 4.69) is 13.8 Å². The lowest BCUT2D eigenvalue weighted by atomic mass is 9.96. The predicted molar refractivity (Wildman–Crippen MR) is 151 cm³/mol. The number of esters is 2. The zero-order valence-electron chi connectivity index (χ0n) is 24.3. The predicted octanol–water partition coefficient (Wildman–Crippen LogP) is 5.47. The fourth-order valence-corrected chi connectivity index (χ4v) is 3.80. The molecule has 41 heavy (non-hydrogen) atoms. The second kappa shape index (κ2) is 22.2. The Hall–Kier alpha value is -3.47. The van der Waals surface area contributed by atoms with Crippen LogP contribution in [0.1, 0.15) is 124 Å². The van der Waals surface area contributed by atoms with Crippen LogP contribution in [0.25, 0.3) is 0 Å². The van der Waals surface area contributed by atoms with Gasteiger partial charge in [-0.15, -0.1) is 0 Å². The van der Waals surface area contributed by atoms with Crippen molar-refractivity contribution in [1.29, 1.82) is 0 Å². The lowest BCUT2D eigenvalue weighted by Crippen LogP contribution is -2.42. The number of aliphatic hydroxyl groups is 1. The highest BCUT2D eigenvalue weighted by Gasteiger charge is 2.40. The number of aliphatic carboxylic acids is 3. The summed E-state index contributed by atoms with van der Waals surface area (Å²) in [5, 5.41) is 33.8. The molecule has 0 radical (unpaired) electrons. The molecule has 232 valence electrons. The van der Waals surface area contributed by atoms with Crippen molar-refractivity contribution < 1.29 is 53.9 Å². The molecule has 0 spiro atoms. The van der Waals surface area contributed by atoms with E-state index in [0.29, 0.717) is 24.3 Å². The van der Waals surface area contributed by atoms with Gasteiger partial charge in [0.1, 0.15) is 0 Å². The van der Waals surface area contributed by atoms with Crippen molar-refractivity contribution in [2.24, 2.45) is 0 Å². The van der Waals surface area contributed by atoms with Crippen LogP contribution in [0.4, 0.5) is 0 Å². The van der Waals surface area contributed by atoms with Gasteiger partial charge in [0.15, 0.2) is 5.60 Å². The standard InChI is InChI=1S/C24H38O4.C6H8O7/c1-3-5-7-9-11-15-19-27-23(25)21-17-13-14-18-22(21)24(26)28-20-16-12-10-8-6-4-2;7-3(8)1-6(13,5(11)12)2-4(9)10/h13-14,17-18H,3-12,15-16,19-20H2,1-2H3;13H,1-2H2,(H,7,8)(H,9,10)(H,11,12). The van der Waals surface area contributed by atoms with Crippen LogP contribution < -0.4 is 0 Å². The monoisotopic (exact) mass is 582 g/mol. The summed E-state index contributed by atoms with van der Waals surface area (Å²) in [6, 6.07) is 6.74. The Morgan fingerprint density at radius 2 is 0.951 bits per heavy atom. The third-order valence-electron chi connectivity index (χ3n) is 6.11. The Morgan fingerprint density at radius 1 is 0.610 bits per heavy atom. The third-order valence-corrected chi connectivity index (χ3v) is 6.11. The summed E-state index contributed by atoms with van der Waals surface area (Å²) in [6.07, 6.45) is 11.3. The maximum Gasteiger partial charge on any atom is 0.339 e. The first-order valence-corrected chi connectivity index (χ1v) is 14.3. The highest BCUT2D eigenvalue weighted by Crippen LogP contribution is 2.16. The number of ether oxygens (including phenoxy) is 2. The van der Waals surface area contributed by atoms with E-state index in [1.54, 1.807) is 24.3 Å². The Kier molecular flexibility index (Phi) is 20.4. The van der Waals surface area contributed by atoms with Crippen LogP contribution in [-0.2, 0) is 23.9 Å². The van der Waals surface area contributed by atoms with Gasteiger partial charge in [-0.3, -0.25) is 9.59 Å². The molecule has 0 aliphatic carbocycles. The highest BCUT2D eigenvalue weighted by molar-refractivity contribution is 6.03. The van der Waals surface area contributed by atoms with Gasteiger partial charge >= 0.3 is 29.8 Å². The molecule has 0 fully saturated rings. The quantitative estimate of drug-likeness (QED) is 0.106. The van der Waals surface area contributed by atoms with Gasteiger partial charge in [0, 0.05) is 0 Å². The number of hydrogen-bond acceptors (Lipinski definition) is 8. The first kappa shape index (κ1) is 37.5. The molecule has 0 aromatic heterocycles. The van der Waals surface area contributed by atoms with Crippen molar-refractivity contribution in [3.63, 3.8) is 0 Å². The van der Waals surface area contributed by atoms with Gasteiger partial charge in [-0.1, -0.05) is 90.2 Å². The molecule has 4 N–H and O–H groups in total. The Labute approximate surface area is 241 Å². The van der Waals surface area contributed by atoms with Crippen LogP contribution in [0.3, 0.4) is 0 Å². The highest BCUT2D eigenvalue weighted by atomic mass is 16.5. The SMILES string of the molecule is CCCCCCCCOC(=O)c1ccccc1C(=O)OCCCCCCCC.O=C(O)CC(O)(CC(=O)O)C(=O)O. The number of carboxylic acids is 3. The van der Waals surface area contributed by atoms with Crippen molar-refractivity contribution in [1.82, 2.24) is 0 Å². The molecule has 0 heterocycles. The molecule has 0 aliphatic heterocycles. The van der Waals surface area contributed by atoms with Crippen molar-refractivity contribution in [3.8, 4) is 0 Å². The number of carbonyl (C=O) groups excluding carboxylic acids is 2. The van der Waals surface area contributed by atoms with E-state index in [1.807, 2.05) is 0 Å². The van der Waals surface area contributed by atoms with Gasteiger partial charge < -0.3 is 29.9 Å². The molecule has 1 rings (SSSR count). The zero-order valence-corrected chi connectivity index (χ0v) is 24.3. The van der Waals surface area contributed by atoms with Crippen molar-refractivity contribution in [3.05, 3.63) is 35.4 Å². The summed E-state index contributed by atoms with van der Waals surface area (Å²) in [4.78, 5) is 55.2. The van der Waals surface area contributed by atoms with E-state index >= 15 is 0 Å². The van der Waals surface area contributed by atoms with E-state index in [9.17, 15) is 24.0 Å². The molecule has 0 atom stereocenters. The Morgan fingerprint density at radius 3 is 1.27 bits per heavy atom. The molecule has 11 heteroatoms. The van der Waals surface area contributed by atoms with Crippen LogP contribution >= 0.6 is 0 Å². The smallest absolute Gasteiger partial charge is 0.339 e. The number of carboxylic acid groups (broad SMARTS) is 3. The summed E-state index contributed by atoms with van der Waals surface area (Å²) in [7, 11) is 0. The topological polar surface area (TPSA) is 185 Å². The molecule has 11 nitrogen and oxygen atoms in total. The minimum atomic E-state index is -2.74.